The molecule has 7 rings (SSSR count). The molecule has 0 fully saturated rings. The predicted octanol–water partition coefficient (Wildman–Crippen LogP) is 5.71. The fourth-order valence-corrected chi connectivity index (χ4v) is 5.55. The summed E-state index contributed by atoms with van der Waals surface area (Å²) in [6, 6.07) is 26.5. The molecule has 0 bridgehead atoms. The minimum atomic E-state index is 0.660. The average Bonchev–Trinajstić information content (AvgIpc) is 3.57. The molecule has 0 spiro atoms. The summed E-state index contributed by atoms with van der Waals surface area (Å²) in [5.74, 6) is 1.38. The van der Waals surface area contributed by atoms with Gasteiger partial charge < -0.3 is 0 Å². The van der Waals surface area contributed by atoms with E-state index in [1.807, 2.05) is 51.8 Å². The number of aromatic nitrogens is 5. The Labute approximate surface area is 204 Å². The van der Waals surface area contributed by atoms with Crippen molar-refractivity contribution in [3.05, 3.63) is 101 Å². The summed E-state index contributed by atoms with van der Waals surface area (Å²) in [5.41, 5.74) is 8.58. The number of benzene rings is 3. The normalized spacial score (nSPS) is 13.9. The fourth-order valence-electron chi connectivity index (χ4n) is 4.59. The lowest BCUT2D eigenvalue weighted by Gasteiger charge is -2.13. The lowest BCUT2D eigenvalue weighted by Crippen LogP contribution is -2.14. The third kappa shape index (κ3) is 3.04. The van der Waals surface area contributed by atoms with E-state index < -0.39 is 0 Å². The van der Waals surface area contributed by atoms with Crippen LogP contribution in [0.15, 0.2) is 89.1 Å². The maximum atomic E-state index is 6.08. The van der Waals surface area contributed by atoms with Crippen LogP contribution in [0.4, 0.5) is 0 Å². The number of thioether (sulfide) groups is 1. The zero-order valence-corrected chi connectivity index (χ0v) is 19.5. The first-order chi connectivity index (χ1) is 16.8. The van der Waals surface area contributed by atoms with Crippen molar-refractivity contribution in [2.45, 2.75) is 11.6 Å². The summed E-state index contributed by atoms with van der Waals surface area (Å²) >= 11 is 7.71. The Morgan fingerprint density at radius 1 is 0.853 bits per heavy atom. The van der Waals surface area contributed by atoms with Gasteiger partial charge >= 0.3 is 0 Å². The minimum Gasteiger partial charge on any atom is -0.232 e. The topological polar surface area (TPSA) is 60.9 Å². The molecule has 34 heavy (non-hydrogen) atoms. The lowest BCUT2D eigenvalue weighted by atomic mass is 10.1. The van der Waals surface area contributed by atoms with Gasteiger partial charge in [0.25, 0.3) is 0 Å². The Bertz CT molecular complexity index is 1580. The van der Waals surface area contributed by atoms with Crippen LogP contribution in [-0.4, -0.2) is 36.1 Å². The SMILES string of the molecule is Clc1ccc(C2=Nn3c(nnc3-c3nn(-c4ccccc4)c4c3Cc3ccccc3-4)SC2)cc1. The largest absolute Gasteiger partial charge is 0.232 e. The molecule has 2 aliphatic rings. The molecule has 0 saturated carbocycles. The van der Waals surface area contributed by atoms with E-state index in [2.05, 4.69) is 46.6 Å². The summed E-state index contributed by atoms with van der Waals surface area (Å²) in [6.07, 6.45) is 0.802. The van der Waals surface area contributed by atoms with Gasteiger partial charge in [-0.3, -0.25) is 0 Å². The van der Waals surface area contributed by atoms with Gasteiger partial charge in [-0.1, -0.05) is 78.0 Å². The molecule has 0 unspecified atom stereocenters. The van der Waals surface area contributed by atoms with Gasteiger partial charge in [-0.25, -0.2) is 4.68 Å². The first-order valence-electron chi connectivity index (χ1n) is 10.9. The van der Waals surface area contributed by atoms with E-state index in [9.17, 15) is 0 Å². The highest BCUT2D eigenvalue weighted by Gasteiger charge is 2.32. The highest BCUT2D eigenvalue weighted by atomic mass is 35.5. The van der Waals surface area contributed by atoms with Gasteiger partial charge in [0, 0.05) is 28.3 Å². The molecule has 3 aromatic carbocycles. The third-order valence-corrected chi connectivity index (χ3v) is 7.37. The van der Waals surface area contributed by atoms with Gasteiger partial charge in [0.05, 0.1) is 17.1 Å². The maximum Gasteiger partial charge on any atom is 0.212 e. The summed E-state index contributed by atoms with van der Waals surface area (Å²) in [7, 11) is 0. The van der Waals surface area contributed by atoms with Crippen molar-refractivity contribution in [2.75, 3.05) is 5.75 Å². The molecular formula is C26H17ClN6S. The maximum absolute atomic E-state index is 6.08. The van der Waals surface area contributed by atoms with Gasteiger partial charge in [0.1, 0.15) is 5.69 Å². The Balaban J connectivity index is 1.41. The number of hydrogen-bond acceptors (Lipinski definition) is 5. The van der Waals surface area contributed by atoms with Crippen molar-refractivity contribution in [3.8, 4) is 28.5 Å². The smallest absolute Gasteiger partial charge is 0.212 e. The number of nitrogens with zero attached hydrogens (tertiary/aromatic N) is 6. The van der Waals surface area contributed by atoms with Crippen LogP contribution in [0.5, 0.6) is 0 Å². The van der Waals surface area contributed by atoms with Crippen LogP contribution in [0.3, 0.4) is 0 Å². The molecule has 2 aromatic heterocycles. The summed E-state index contributed by atoms with van der Waals surface area (Å²) < 4.78 is 3.86. The lowest BCUT2D eigenvalue weighted by molar-refractivity contribution is 0.758. The van der Waals surface area contributed by atoms with Crippen LogP contribution < -0.4 is 0 Å². The number of para-hydroxylation sites is 1. The van der Waals surface area contributed by atoms with Crippen molar-refractivity contribution in [1.82, 2.24) is 24.7 Å². The standard InChI is InChI=1S/C26H17ClN6S/c27-18-12-10-16(11-13-18)22-15-34-26-29-28-25(33(26)30-22)23-21-14-17-6-4-5-9-20(17)24(21)32(31-23)19-7-2-1-3-8-19/h1-13H,14-15H2. The van der Waals surface area contributed by atoms with Crippen molar-refractivity contribution >= 4 is 29.1 Å². The number of fused-ring (bicyclic) bond motifs is 4. The van der Waals surface area contributed by atoms with E-state index in [1.165, 1.54) is 11.1 Å². The van der Waals surface area contributed by atoms with Crippen LogP contribution in [0.25, 0.3) is 28.5 Å². The molecule has 0 N–H and O–H groups in total. The van der Waals surface area contributed by atoms with E-state index in [1.54, 1.807) is 11.8 Å². The molecule has 1 aliphatic carbocycles. The minimum absolute atomic E-state index is 0.660. The zero-order valence-electron chi connectivity index (χ0n) is 17.9. The van der Waals surface area contributed by atoms with Gasteiger partial charge in [-0.05, 0) is 35.4 Å². The number of halogens is 1. The summed E-state index contributed by atoms with van der Waals surface area (Å²) in [4.78, 5) is 0. The molecule has 0 saturated heterocycles. The Hall–Kier alpha value is -3.68. The second kappa shape index (κ2) is 7.68. The summed E-state index contributed by atoms with van der Waals surface area (Å²) in [5, 5.41) is 20.4. The Morgan fingerprint density at radius 2 is 1.65 bits per heavy atom. The quantitative estimate of drug-likeness (QED) is 0.325. The van der Waals surface area contributed by atoms with Gasteiger partial charge in [0.15, 0.2) is 0 Å². The monoisotopic (exact) mass is 480 g/mol. The van der Waals surface area contributed by atoms with Crippen LogP contribution in [0.1, 0.15) is 16.7 Å². The van der Waals surface area contributed by atoms with Crippen molar-refractivity contribution in [2.24, 2.45) is 5.10 Å². The molecule has 5 aromatic rings. The highest BCUT2D eigenvalue weighted by molar-refractivity contribution is 7.99. The first-order valence-corrected chi connectivity index (χ1v) is 12.3. The second-order valence-corrected chi connectivity index (χ2v) is 9.60. The third-order valence-electron chi connectivity index (χ3n) is 6.18. The van der Waals surface area contributed by atoms with Crippen LogP contribution in [-0.2, 0) is 6.42 Å². The molecule has 8 heteroatoms. The van der Waals surface area contributed by atoms with Gasteiger partial charge in [-0.2, -0.15) is 14.9 Å². The molecule has 0 radical (unpaired) electrons. The zero-order chi connectivity index (χ0) is 22.6. The van der Waals surface area contributed by atoms with E-state index in [-0.39, 0.29) is 0 Å². The Morgan fingerprint density at radius 3 is 2.50 bits per heavy atom. The fraction of sp³-hybridized carbons (Fsp3) is 0.0769. The van der Waals surface area contributed by atoms with E-state index in [0.29, 0.717) is 10.8 Å². The van der Waals surface area contributed by atoms with Crippen molar-refractivity contribution < 1.29 is 0 Å². The van der Waals surface area contributed by atoms with Crippen molar-refractivity contribution in [1.29, 1.82) is 0 Å². The molecule has 0 amide bonds. The molecule has 0 atom stereocenters. The van der Waals surface area contributed by atoms with E-state index in [4.69, 9.17) is 21.8 Å². The number of hydrogen-bond donors (Lipinski definition) is 0. The highest BCUT2D eigenvalue weighted by Crippen LogP contribution is 2.43. The Kier molecular flexibility index (Phi) is 4.47. The van der Waals surface area contributed by atoms with E-state index >= 15 is 0 Å². The molecule has 164 valence electrons. The average molecular weight is 481 g/mol. The van der Waals surface area contributed by atoms with Gasteiger partial charge in [-0.15, -0.1) is 10.2 Å². The summed E-state index contributed by atoms with van der Waals surface area (Å²) in [6.45, 7) is 0. The van der Waals surface area contributed by atoms with Crippen molar-refractivity contribution in [3.63, 3.8) is 0 Å². The molecular weight excluding hydrogens is 464 g/mol. The van der Waals surface area contributed by atoms with Crippen LogP contribution in [0, 0.1) is 0 Å². The molecule has 6 nitrogen and oxygen atoms in total. The van der Waals surface area contributed by atoms with Crippen LogP contribution >= 0.6 is 23.4 Å². The second-order valence-electron chi connectivity index (χ2n) is 8.22. The van der Waals surface area contributed by atoms with Gasteiger partial charge in [0.2, 0.25) is 11.0 Å². The number of rotatable bonds is 3. The first kappa shape index (κ1) is 19.8. The molecule has 3 heterocycles. The molecule has 1 aliphatic heterocycles. The predicted molar refractivity (Wildman–Crippen MR) is 135 cm³/mol. The van der Waals surface area contributed by atoms with Crippen LogP contribution in [0.2, 0.25) is 5.02 Å². The van der Waals surface area contributed by atoms with E-state index in [0.717, 1.165) is 51.2 Å².